The highest BCUT2D eigenvalue weighted by atomic mass is 16.5. The summed E-state index contributed by atoms with van der Waals surface area (Å²) in [4.78, 5) is 37.2. The van der Waals surface area contributed by atoms with Crippen molar-refractivity contribution in [2.75, 3.05) is 36.7 Å². The van der Waals surface area contributed by atoms with Gasteiger partial charge in [-0.15, -0.1) is 0 Å². The van der Waals surface area contributed by atoms with Crippen LogP contribution in [0.4, 0.5) is 17.1 Å². The standard InChI is InChI=1S/C19H21N3O4/c1-22(2)16-10-8-15(9-11-16)21-18(24)12-17(23)20-14-6-4-13(5-7-14)19(25)26-3/h4-11H,12H2,1-3H3,(H,20,23)(H,21,24). The molecule has 0 aliphatic carbocycles. The largest absolute Gasteiger partial charge is 0.465 e. The van der Waals surface area contributed by atoms with Crippen LogP contribution in [0.15, 0.2) is 48.5 Å². The molecule has 0 aromatic heterocycles. The van der Waals surface area contributed by atoms with Crippen LogP contribution in [0.1, 0.15) is 16.8 Å². The number of ether oxygens (including phenoxy) is 1. The maximum atomic E-state index is 12.0. The zero-order valence-electron chi connectivity index (χ0n) is 14.9. The molecule has 0 radical (unpaired) electrons. The Morgan fingerprint density at radius 3 is 1.73 bits per heavy atom. The fraction of sp³-hybridized carbons (Fsp3) is 0.211. The molecule has 0 aliphatic heterocycles. The minimum atomic E-state index is -0.456. The predicted molar refractivity (Wildman–Crippen MR) is 100 cm³/mol. The zero-order chi connectivity index (χ0) is 19.1. The van der Waals surface area contributed by atoms with Gasteiger partial charge in [0.15, 0.2) is 0 Å². The van der Waals surface area contributed by atoms with Gasteiger partial charge in [-0.05, 0) is 48.5 Å². The highest BCUT2D eigenvalue weighted by Gasteiger charge is 2.11. The number of hydrogen-bond acceptors (Lipinski definition) is 5. The summed E-state index contributed by atoms with van der Waals surface area (Å²) < 4.78 is 4.60. The highest BCUT2D eigenvalue weighted by molar-refractivity contribution is 6.08. The molecular weight excluding hydrogens is 334 g/mol. The third kappa shape index (κ3) is 5.34. The second-order valence-corrected chi connectivity index (χ2v) is 5.78. The number of methoxy groups -OCH3 is 1. The van der Waals surface area contributed by atoms with Crippen molar-refractivity contribution in [1.29, 1.82) is 0 Å². The number of hydrogen-bond donors (Lipinski definition) is 2. The molecule has 7 heteroatoms. The Hall–Kier alpha value is -3.35. The van der Waals surface area contributed by atoms with Crippen molar-refractivity contribution in [3.05, 3.63) is 54.1 Å². The summed E-state index contributed by atoms with van der Waals surface area (Å²) in [6, 6.07) is 13.5. The Labute approximate surface area is 152 Å². The summed E-state index contributed by atoms with van der Waals surface area (Å²) in [6.07, 6.45) is -0.311. The maximum Gasteiger partial charge on any atom is 0.337 e. The van der Waals surface area contributed by atoms with E-state index in [1.54, 1.807) is 24.3 Å². The summed E-state index contributed by atoms with van der Waals surface area (Å²) in [5, 5.41) is 5.29. The highest BCUT2D eigenvalue weighted by Crippen LogP contribution is 2.16. The zero-order valence-corrected chi connectivity index (χ0v) is 14.9. The molecule has 0 aliphatic rings. The average molecular weight is 355 g/mol. The summed E-state index contributed by atoms with van der Waals surface area (Å²) in [7, 11) is 5.15. The second kappa shape index (κ2) is 8.66. The molecule has 136 valence electrons. The van der Waals surface area contributed by atoms with Gasteiger partial charge in [-0.3, -0.25) is 9.59 Å². The summed E-state index contributed by atoms with van der Waals surface area (Å²) in [6.45, 7) is 0. The van der Waals surface area contributed by atoms with E-state index in [9.17, 15) is 14.4 Å². The van der Waals surface area contributed by atoms with Gasteiger partial charge < -0.3 is 20.3 Å². The van der Waals surface area contributed by atoms with Crippen molar-refractivity contribution >= 4 is 34.8 Å². The lowest BCUT2D eigenvalue weighted by molar-refractivity contribution is -0.123. The molecule has 2 rings (SSSR count). The molecule has 0 fully saturated rings. The van der Waals surface area contributed by atoms with Crippen molar-refractivity contribution in [2.45, 2.75) is 6.42 Å². The molecule has 0 bridgehead atoms. The van der Waals surface area contributed by atoms with Crippen LogP contribution in [0.2, 0.25) is 0 Å². The number of carbonyl (C=O) groups is 3. The van der Waals surface area contributed by atoms with Crippen molar-refractivity contribution < 1.29 is 19.1 Å². The molecule has 0 spiro atoms. The number of esters is 1. The van der Waals surface area contributed by atoms with Gasteiger partial charge in [0, 0.05) is 31.2 Å². The number of benzene rings is 2. The summed E-state index contributed by atoms with van der Waals surface area (Å²) in [5.41, 5.74) is 2.50. The summed E-state index contributed by atoms with van der Waals surface area (Å²) in [5.74, 6) is -1.31. The second-order valence-electron chi connectivity index (χ2n) is 5.78. The molecule has 7 nitrogen and oxygen atoms in total. The number of nitrogens with zero attached hydrogens (tertiary/aromatic N) is 1. The topological polar surface area (TPSA) is 87.7 Å². The van der Waals surface area contributed by atoms with Gasteiger partial charge in [0.2, 0.25) is 11.8 Å². The van der Waals surface area contributed by atoms with Crippen LogP contribution in [-0.2, 0) is 14.3 Å². The van der Waals surface area contributed by atoms with Crippen molar-refractivity contribution in [1.82, 2.24) is 0 Å². The fourth-order valence-electron chi connectivity index (χ4n) is 2.21. The van der Waals surface area contributed by atoms with Crippen molar-refractivity contribution in [3.63, 3.8) is 0 Å². The van der Waals surface area contributed by atoms with E-state index >= 15 is 0 Å². The minimum absolute atomic E-state index is 0.311. The van der Waals surface area contributed by atoms with E-state index in [0.717, 1.165) is 5.69 Å². The van der Waals surface area contributed by atoms with Gasteiger partial charge in [0.05, 0.1) is 12.7 Å². The van der Waals surface area contributed by atoms with Gasteiger partial charge in [-0.2, -0.15) is 0 Å². The quantitative estimate of drug-likeness (QED) is 0.614. The maximum absolute atomic E-state index is 12.0. The van der Waals surface area contributed by atoms with E-state index in [2.05, 4.69) is 15.4 Å². The van der Waals surface area contributed by atoms with Crippen molar-refractivity contribution in [2.24, 2.45) is 0 Å². The fourth-order valence-corrected chi connectivity index (χ4v) is 2.21. The molecule has 2 N–H and O–H groups in total. The molecule has 0 unspecified atom stereocenters. The molecule has 0 heterocycles. The first-order valence-corrected chi connectivity index (χ1v) is 7.94. The lowest BCUT2D eigenvalue weighted by Gasteiger charge is -2.13. The first-order valence-electron chi connectivity index (χ1n) is 7.94. The minimum Gasteiger partial charge on any atom is -0.465 e. The lowest BCUT2D eigenvalue weighted by Crippen LogP contribution is -2.21. The van der Waals surface area contributed by atoms with E-state index in [1.807, 2.05) is 31.1 Å². The third-order valence-corrected chi connectivity index (χ3v) is 3.58. The Kier molecular flexibility index (Phi) is 6.32. The van der Waals surface area contributed by atoms with Crippen LogP contribution in [0, 0.1) is 0 Å². The number of carbonyl (C=O) groups excluding carboxylic acids is 3. The molecule has 2 aromatic carbocycles. The van der Waals surface area contributed by atoms with Crippen LogP contribution in [0.25, 0.3) is 0 Å². The SMILES string of the molecule is COC(=O)c1ccc(NC(=O)CC(=O)Nc2ccc(N(C)C)cc2)cc1. The molecule has 0 saturated carbocycles. The van der Waals surface area contributed by atoms with Crippen LogP contribution < -0.4 is 15.5 Å². The van der Waals surface area contributed by atoms with E-state index < -0.39 is 17.8 Å². The number of nitrogens with one attached hydrogen (secondary N) is 2. The van der Waals surface area contributed by atoms with E-state index in [4.69, 9.17) is 0 Å². The molecule has 26 heavy (non-hydrogen) atoms. The van der Waals surface area contributed by atoms with Gasteiger partial charge in [-0.1, -0.05) is 0 Å². The van der Waals surface area contributed by atoms with E-state index in [1.165, 1.54) is 19.2 Å². The van der Waals surface area contributed by atoms with Crippen LogP contribution in [-0.4, -0.2) is 39.0 Å². The Morgan fingerprint density at radius 2 is 1.31 bits per heavy atom. The number of anilines is 3. The molecule has 2 amide bonds. The molecule has 0 saturated heterocycles. The van der Waals surface area contributed by atoms with Gasteiger partial charge in [-0.25, -0.2) is 4.79 Å². The average Bonchev–Trinajstić information content (AvgIpc) is 2.61. The number of rotatable bonds is 6. The van der Waals surface area contributed by atoms with Crippen LogP contribution >= 0.6 is 0 Å². The van der Waals surface area contributed by atoms with Gasteiger partial charge in [0.25, 0.3) is 0 Å². The van der Waals surface area contributed by atoms with Crippen molar-refractivity contribution in [3.8, 4) is 0 Å². The van der Waals surface area contributed by atoms with Gasteiger partial charge >= 0.3 is 5.97 Å². The van der Waals surface area contributed by atoms with Crippen LogP contribution in [0.5, 0.6) is 0 Å². The predicted octanol–water partition coefficient (Wildman–Crippen LogP) is 2.51. The Morgan fingerprint density at radius 1 is 0.846 bits per heavy atom. The number of amides is 2. The summed E-state index contributed by atoms with van der Waals surface area (Å²) >= 11 is 0. The Bertz CT molecular complexity index is 783. The van der Waals surface area contributed by atoms with E-state index in [0.29, 0.717) is 16.9 Å². The Balaban J connectivity index is 1.86. The molecular formula is C19H21N3O4. The molecule has 2 aromatic rings. The molecule has 0 atom stereocenters. The van der Waals surface area contributed by atoms with E-state index in [-0.39, 0.29) is 6.42 Å². The van der Waals surface area contributed by atoms with Gasteiger partial charge in [0.1, 0.15) is 6.42 Å². The first kappa shape index (κ1) is 19.0. The smallest absolute Gasteiger partial charge is 0.337 e. The lowest BCUT2D eigenvalue weighted by atomic mass is 10.2. The third-order valence-electron chi connectivity index (χ3n) is 3.58. The monoisotopic (exact) mass is 355 g/mol. The first-order chi connectivity index (χ1) is 12.4. The normalized spacial score (nSPS) is 9.96. The van der Waals surface area contributed by atoms with Crippen LogP contribution in [0.3, 0.4) is 0 Å².